The molecule has 0 saturated heterocycles. The standard InChI is InChI=1S/C28H44N4O8/c1-17(37-16-36-8)21(33)18-14-20-22(29-15-18)30-24(31-23(20)38-19-12-10-9-11-13-19)32(25(34)39-27(2,3)4)26(35)40-28(5,6)7/h17-19H,9-16H2,1-8H3,(H,29,30,31)/t17-,18+/m0/s1. The first-order valence-corrected chi connectivity index (χ1v) is 13.9. The molecular formula is C28H44N4O8. The van der Waals surface area contributed by atoms with Crippen LogP contribution >= 0.6 is 0 Å². The van der Waals surface area contributed by atoms with Crippen molar-refractivity contribution in [3.8, 4) is 5.88 Å². The Morgan fingerprint density at radius 2 is 1.57 bits per heavy atom. The Balaban J connectivity index is 2.02. The van der Waals surface area contributed by atoms with Gasteiger partial charge in [0.2, 0.25) is 11.8 Å². The molecule has 2 aliphatic rings. The first-order valence-electron chi connectivity index (χ1n) is 13.9. The molecule has 3 rings (SSSR count). The second kappa shape index (κ2) is 13.1. The topological polar surface area (TPSA) is 138 Å². The van der Waals surface area contributed by atoms with E-state index in [1.54, 1.807) is 48.5 Å². The monoisotopic (exact) mass is 564 g/mol. The van der Waals surface area contributed by atoms with Crippen LogP contribution in [0.4, 0.5) is 21.4 Å². The summed E-state index contributed by atoms with van der Waals surface area (Å²) in [6.45, 7) is 12.1. The number of amides is 2. The van der Waals surface area contributed by atoms with Gasteiger partial charge in [-0.05, 0) is 80.6 Å². The van der Waals surface area contributed by atoms with Gasteiger partial charge >= 0.3 is 12.2 Å². The van der Waals surface area contributed by atoms with Gasteiger partial charge in [0.25, 0.3) is 0 Å². The van der Waals surface area contributed by atoms with Crippen LogP contribution in [0, 0.1) is 5.92 Å². The predicted molar refractivity (Wildman–Crippen MR) is 148 cm³/mol. The zero-order chi connectivity index (χ0) is 29.7. The minimum Gasteiger partial charge on any atom is -0.474 e. The molecule has 1 N–H and O–H groups in total. The van der Waals surface area contributed by atoms with E-state index in [1.165, 1.54) is 7.11 Å². The molecule has 1 saturated carbocycles. The van der Waals surface area contributed by atoms with Crippen molar-refractivity contribution in [3.05, 3.63) is 5.56 Å². The number of aromatic nitrogens is 2. The van der Waals surface area contributed by atoms with Crippen LogP contribution in [0.5, 0.6) is 5.88 Å². The Labute approximate surface area is 236 Å². The van der Waals surface area contributed by atoms with Crippen LogP contribution in [0.2, 0.25) is 0 Å². The summed E-state index contributed by atoms with van der Waals surface area (Å²) in [5.74, 6) is -0.147. The average Bonchev–Trinajstić information content (AvgIpc) is 2.85. The molecule has 1 fully saturated rings. The van der Waals surface area contributed by atoms with E-state index < -0.39 is 35.4 Å². The molecule has 40 heavy (non-hydrogen) atoms. The number of nitrogens with one attached hydrogen (secondary N) is 1. The van der Waals surface area contributed by atoms with Crippen molar-refractivity contribution >= 4 is 29.7 Å². The van der Waals surface area contributed by atoms with Gasteiger partial charge in [0.1, 0.15) is 36.0 Å². The maximum Gasteiger partial charge on any atom is 0.427 e. The van der Waals surface area contributed by atoms with Crippen molar-refractivity contribution in [1.82, 2.24) is 9.97 Å². The van der Waals surface area contributed by atoms with Crippen molar-refractivity contribution in [1.29, 1.82) is 0 Å². The van der Waals surface area contributed by atoms with E-state index in [0.717, 1.165) is 32.1 Å². The average molecular weight is 565 g/mol. The maximum atomic E-state index is 13.3. The smallest absolute Gasteiger partial charge is 0.427 e. The number of rotatable bonds is 8. The van der Waals surface area contributed by atoms with Gasteiger partial charge in [0, 0.05) is 19.6 Å². The molecule has 0 spiro atoms. The van der Waals surface area contributed by atoms with Gasteiger partial charge in [0.15, 0.2) is 5.78 Å². The highest BCUT2D eigenvalue weighted by atomic mass is 16.7. The third kappa shape index (κ3) is 8.76. The number of ether oxygens (including phenoxy) is 5. The Kier molecular flexibility index (Phi) is 10.3. The lowest BCUT2D eigenvalue weighted by Gasteiger charge is -2.31. The molecule has 1 aromatic rings. The lowest BCUT2D eigenvalue weighted by atomic mass is 9.90. The number of fused-ring (bicyclic) bond motifs is 1. The summed E-state index contributed by atoms with van der Waals surface area (Å²) < 4.78 is 27.8. The molecule has 12 heteroatoms. The summed E-state index contributed by atoms with van der Waals surface area (Å²) in [7, 11) is 1.50. The summed E-state index contributed by atoms with van der Waals surface area (Å²) in [4.78, 5) is 49.4. The maximum absolute atomic E-state index is 13.3. The number of carbonyl (C=O) groups excluding carboxylic acids is 3. The first kappa shape index (κ1) is 31.5. The van der Waals surface area contributed by atoms with Gasteiger partial charge in [-0.1, -0.05) is 6.42 Å². The van der Waals surface area contributed by atoms with Crippen LogP contribution < -0.4 is 15.0 Å². The lowest BCUT2D eigenvalue weighted by Crippen LogP contribution is -2.45. The molecule has 224 valence electrons. The number of ketones is 1. The Hall–Kier alpha value is -2.99. The zero-order valence-corrected chi connectivity index (χ0v) is 25.0. The van der Waals surface area contributed by atoms with Crippen molar-refractivity contribution in [2.45, 2.75) is 110 Å². The van der Waals surface area contributed by atoms with Crippen LogP contribution in [0.3, 0.4) is 0 Å². The number of nitrogens with zero attached hydrogens (tertiary/aromatic N) is 3. The second-order valence-corrected chi connectivity index (χ2v) is 12.2. The summed E-state index contributed by atoms with van der Waals surface area (Å²) in [5, 5.41) is 3.18. The van der Waals surface area contributed by atoms with Crippen LogP contribution in [0.25, 0.3) is 0 Å². The van der Waals surface area contributed by atoms with Gasteiger partial charge in [-0.25, -0.2) is 9.59 Å². The van der Waals surface area contributed by atoms with Crippen molar-refractivity contribution in [3.63, 3.8) is 0 Å². The third-order valence-corrected chi connectivity index (χ3v) is 6.35. The molecule has 0 bridgehead atoms. The SMILES string of the molecule is COCO[C@@H](C)C(=O)[C@H]1CNc2nc(N(C(=O)OC(C)(C)C)C(=O)OC(C)(C)C)nc(OC3CCCCC3)c2C1. The fourth-order valence-corrected chi connectivity index (χ4v) is 4.50. The van der Waals surface area contributed by atoms with Gasteiger partial charge in [-0.3, -0.25) is 4.79 Å². The molecule has 0 radical (unpaired) electrons. The number of carbonyl (C=O) groups is 3. The van der Waals surface area contributed by atoms with E-state index in [-0.39, 0.29) is 37.1 Å². The van der Waals surface area contributed by atoms with Crippen LogP contribution in [-0.4, -0.2) is 71.8 Å². The number of hydrogen-bond donors (Lipinski definition) is 1. The van der Waals surface area contributed by atoms with Crippen LogP contribution in [0.1, 0.15) is 86.1 Å². The van der Waals surface area contributed by atoms with Gasteiger partial charge in [-0.2, -0.15) is 9.97 Å². The van der Waals surface area contributed by atoms with E-state index in [2.05, 4.69) is 15.3 Å². The molecule has 2 atom stereocenters. The number of methoxy groups -OCH3 is 1. The minimum absolute atomic E-state index is 0.0112. The largest absolute Gasteiger partial charge is 0.474 e. The number of imide groups is 1. The first-order chi connectivity index (χ1) is 18.7. The van der Waals surface area contributed by atoms with Crippen LogP contribution in [-0.2, 0) is 30.2 Å². The molecule has 2 heterocycles. The summed E-state index contributed by atoms with van der Waals surface area (Å²) in [6, 6.07) is 0. The van der Waals surface area contributed by atoms with Gasteiger partial charge in [0.05, 0.1) is 5.56 Å². The van der Waals surface area contributed by atoms with Crippen molar-refractivity contribution < 1.29 is 38.1 Å². The highest BCUT2D eigenvalue weighted by Gasteiger charge is 2.38. The zero-order valence-electron chi connectivity index (χ0n) is 25.0. The molecular weight excluding hydrogens is 520 g/mol. The highest BCUT2D eigenvalue weighted by Crippen LogP contribution is 2.35. The Morgan fingerprint density at radius 1 is 0.975 bits per heavy atom. The number of Topliss-reactive ketones (excluding diaryl/α,β-unsaturated/α-hetero) is 1. The van der Waals surface area contributed by atoms with E-state index in [1.807, 2.05) is 0 Å². The lowest BCUT2D eigenvalue weighted by molar-refractivity contribution is -0.141. The third-order valence-electron chi connectivity index (χ3n) is 6.35. The predicted octanol–water partition coefficient (Wildman–Crippen LogP) is 5.03. The van der Waals surface area contributed by atoms with Gasteiger partial charge < -0.3 is 29.0 Å². The van der Waals surface area contributed by atoms with E-state index in [0.29, 0.717) is 22.7 Å². The normalized spacial score (nSPS) is 18.6. The van der Waals surface area contributed by atoms with E-state index in [9.17, 15) is 14.4 Å². The molecule has 1 aromatic heterocycles. The quantitative estimate of drug-likeness (QED) is 0.426. The summed E-state index contributed by atoms with van der Waals surface area (Å²) >= 11 is 0. The fraction of sp³-hybridized carbons (Fsp3) is 0.750. The highest BCUT2D eigenvalue weighted by molar-refractivity contribution is 6.08. The molecule has 12 nitrogen and oxygen atoms in total. The number of anilines is 2. The van der Waals surface area contributed by atoms with Crippen LogP contribution in [0.15, 0.2) is 0 Å². The summed E-state index contributed by atoms with van der Waals surface area (Å²) in [5.41, 5.74) is -1.17. The second-order valence-electron chi connectivity index (χ2n) is 12.2. The fourth-order valence-electron chi connectivity index (χ4n) is 4.50. The molecule has 1 aliphatic heterocycles. The summed E-state index contributed by atoms with van der Waals surface area (Å²) in [6.07, 6.45) is 2.51. The van der Waals surface area contributed by atoms with Crippen molar-refractivity contribution in [2.75, 3.05) is 30.7 Å². The molecule has 0 aromatic carbocycles. The number of hydrogen-bond acceptors (Lipinski definition) is 11. The molecule has 0 unspecified atom stereocenters. The molecule has 1 aliphatic carbocycles. The van der Waals surface area contributed by atoms with Crippen molar-refractivity contribution in [2.24, 2.45) is 5.92 Å². The van der Waals surface area contributed by atoms with Gasteiger partial charge in [-0.15, -0.1) is 4.90 Å². The van der Waals surface area contributed by atoms with E-state index in [4.69, 9.17) is 23.7 Å². The Morgan fingerprint density at radius 3 is 2.12 bits per heavy atom. The van der Waals surface area contributed by atoms with E-state index >= 15 is 0 Å². The minimum atomic E-state index is -0.974. The molecule has 2 amide bonds. The Bertz CT molecular complexity index is 1030.